The van der Waals surface area contributed by atoms with Crippen LogP contribution in [0.15, 0.2) is 97.2 Å². The lowest BCUT2D eigenvalue weighted by atomic mass is 9.99. The second kappa shape index (κ2) is 12.7. The number of carbonyl (C=O) groups is 2. The van der Waals surface area contributed by atoms with E-state index in [1.54, 1.807) is 29.3 Å². The summed E-state index contributed by atoms with van der Waals surface area (Å²) in [4.78, 5) is 31.1. The number of nitrogens with one attached hydrogen (secondary N) is 2. The summed E-state index contributed by atoms with van der Waals surface area (Å²) in [5, 5.41) is 6.59. The number of alkyl halides is 1. The number of anilines is 2. The first-order valence-corrected chi connectivity index (χ1v) is 14.5. The molecule has 0 saturated carbocycles. The Labute approximate surface area is 254 Å². The SMILES string of the molecule is O=C(/C=C/C1Cc2cc(-c3ccc(C(=O)N4CC[C@H](F)C4)cc3)cc(Cl)c2O1)NCc1ccc(Nc2ccccc2)nc1. The molecule has 2 aliphatic heterocycles. The zero-order chi connectivity index (χ0) is 29.8. The van der Waals surface area contributed by atoms with Crippen molar-refractivity contribution in [2.75, 3.05) is 18.4 Å². The van der Waals surface area contributed by atoms with Gasteiger partial charge in [-0.25, -0.2) is 9.37 Å². The summed E-state index contributed by atoms with van der Waals surface area (Å²) >= 11 is 6.57. The van der Waals surface area contributed by atoms with E-state index in [4.69, 9.17) is 16.3 Å². The number of amides is 2. The second-order valence-electron chi connectivity index (χ2n) is 10.6. The van der Waals surface area contributed by atoms with Crippen LogP contribution in [0, 0.1) is 0 Å². The summed E-state index contributed by atoms with van der Waals surface area (Å²) in [6, 6.07) is 24.7. The van der Waals surface area contributed by atoms with Crippen molar-refractivity contribution in [3.05, 3.63) is 119 Å². The third-order valence-corrected chi connectivity index (χ3v) is 7.77. The van der Waals surface area contributed by atoms with Crippen LogP contribution in [0.25, 0.3) is 11.1 Å². The highest BCUT2D eigenvalue weighted by molar-refractivity contribution is 6.32. The van der Waals surface area contributed by atoms with Crippen LogP contribution in [0.3, 0.4) is 0 Å². The lowest BCUT2D eigenvalue weighted by Crippen LogP contribution is -2.28. The van der Waals surface area contributed by atoms with E-state index in [9.17, 15) is 14.0 Å². The summed E-state index contributed by atoms with van der Waals surface area (Å²) < 4.78 is 19.5. The predicted molar refractivity (Wildman–Crippen MR) is 165 cm³/mol. The molecule has 0 bridgehead atoms. The summed E-state index contributed by atoms with van der Waals surface area (Å²) in [5.41, 5.74) is 5.12. The van der Waals surface area contributed by atoms with E-state index in [0.717, 1.165) is 33.8 Å². The Kier molecular flexibility index (Phi) is 8.38. The van der Waals surface area contributed by atoms with Crippen LogP contribution in [0.4, 0.5) is 15.9 Å². The lowest BCUT2D eigenvalue weighted by Gasteiger charge is -2.15. The average Bonchev–Trinajstić information content (AvgIpc) is 3.66. The smallest absolute Gasteiger partial charge is 0.253 e. The number of benzene rings is 3. The molecule has 6 rings (SSSR count). The molecule has 7 nitrogen and oxygen atoms in total. The molecule has 9 heteroatoms. The van der Waals surface area contributed by atoms with Gasteiger partial charge < -0.3 is 20.3 Å². The van der Waals surface area contributed by atoms with Crippen molar-refractivity contribution < 1.29 is 18.7 Å². The number of halogens is 2. The fourth-order valence-electron chi connectivity index (χ4n) is 5.22. The molecule has 2 atom stereocenters. The predicted octanol–water partition coefficient (Wildman–Crippen LogP) is 6.51. The molecular formula is C34H30ClFN4O3. The van der Waals surface area contributed by atoms with Crippen LogP contribution in [0.5, 0.6) is 5.75 Å². The number of nitrogens with zero attached hydrogens (tertiary/aromatic N) is 2. The van der Waals surface area contributed by atoms with Crippen LogP contribution < -0.4 is 15.4 Å². The van der Waals surface area contributed by atoms with Crippen molar-refractivity contribution in [3.8, 4) is 16.9 Å². The molecule has 43 heavy (non-hydrogen) atoms. The van der Waals surface area contributed by atoms with Gasteiger partial charge >= 0.3 is 0 Å². The van der Waals surface area contributed by atoms with E-state index in [2.05, 4.69) is 15.6 Å². The van der Waals surface area contributed by atoms with Crippen LogP contribution in [-0.2, 0) is 17.8 Å². The molecule has 4 aromatic rings. The van der Waals surface area contributed by atoms with E-state index in [0.29, 0.717) is 42.3 Å². The fraction of sp³-hybridized carbons (Fsp3) is 0.206. The standard InChI is InChI=1S/C34H30ClFN4O3/c35-30-18-25(23-7-9-24(10-8-23)34(42)40-15-14-27(36)21-40)16-26-17-29(43-33(26)30)11-13-32(41)38-20-22-6-12-31(37-19-22)39-28-4-2-1-3-5-28/h1-13,16,18-19,27,29H,14-15,17,20-21H2,(H,37,39)(H,38,41)/b13-11+/t27-,29?/m0/s1. The Balaban J connectivity index is 1.02. The van der Waals surface area contributed by atoms with Gasteiger partial charge in [-0.15, -0.1) is 0 Å². The summed E-state index contributed by atoms with van der Waals surface area (Å²) in [6.07, 6.45) is 4.63. The minimum Gasteiger partial charge on any atom is -0.484 e. The van der Waals surface area contributed by atoms with Gasteiger partial charge in [-0.1, -0.05) is 48.0 Å². The number of hydrogen-bond acceptors (Lipinski definition) is 5. The zero-order valence-corrected chi connectivity index (χ0v) is 24.1. The van der Waals surface area contributed by atoms with E-state index >= 15 is 0 Å². The molecule has 3 aromatic carbocycles. The maximum atomic E-state index is 13.5. The first-order valence-electron chi connectivity index (χ1n) is 14.2. The molecule has 1 fully saturated rings. The molecular weight excluding hydrogens is 567 g/mol. The number of carbonyl (C=O) groups excluding carboxylic acids is 2. The van der Waals surface area contributed by atoms with Crippen molar-refractivity contribution in [1.82, 2.24) is 15.2 Å². The molecule has 2 amide bonds. The van der Waals surface area contributed by atoms with Gasteiger partial charge in [0.25, 0.3) is 5.91 Å². The molecule has 0 aliphatic carbocycles. The average molecular weight is 597 g/mol. The Morgan fingerprint density at radius 1 is 1.05 bits per heavy atom. The number of hydrogen-bond donors (Lipinski definition) is 2. The van der Waals surface area contributed by atoms with Crippen molar-refractivity contribution in [2.24, 2.45) is 0 Å². The first kappa shape index (κ1) is 28.4. The topological polar surface area (TPSA) is 83.6 Å². The number of aromatic nitrogens is 1. The van der Waals surface area contributed by atoms with E-state index in [-0.39, 0.29) is 24.5 Å². The third-order valence-electron chi connectivity index (χ3n) is 7.49. The van der Waals surface area contributed by atoms with Crippen molar-refractivity contribution in [3.63, 3.8) is 0 Å². The molecule has 218 valence electrons. The minimum atomic E-state index is -0.948. The maximum Gasteiger partial charge on any atom is 0.253 e. The van der Waals surface area contributed by atoms with Gasteiger partial charge in [-0.2, -0.15) is 0 Å². The summed E-state index contributed by atoms with van der Waals surface area (Å²) in [5.74, 6) is 0.945. The van der Waals surface area contributed by atoms with Crippen LogP contribution >= 0.6 is 11.6 Å². The number of pyridine rings is 1. The molecule has 1 aromatic heterocycles. The molecule has 2 aliphatic rings. The zero-order valence-electron chi connectivity index (χ0n) is 23.3. The van der Waals surface area contributed by atoms with Gasteiger partial charge in [0.05, 0.1) is 11.6 Å². The molecule has 0 radical (unpaired) electrons. The summed E-state index contributed by atoms with van der Waals surface area (Å²) in [6.45, 7) is 0.941. The summed E-state index contributed by atoms with van der Waals surface area (Å²) in [7, 11) is 0. The Morgan fingerprint density at radius 3 is 2.58 bits per heavy atom. The van der Waals surface area contributed by atoms with E-state index < -0.39 is 6.17 Å². The lowest BCUT2D eigenvalue weighted by molar-refractivity contribution is -0.116. The normalized spacial score (nSPS) is 17.5. The van der Waals surface area contributed by atoms with Gasteiger partial charge in [-0.3, -0.25) is 9.59 Å². The van der Waals surface area contributed by atoms with Crippen molar-refractivity contribution >= 4 is 34.9 Å². The molecule has 0 spiro atoms. The highest BCUT2D eigenvalue weighted by Crippen LogP contribution is 2.40. The number of para-hydroxylation sites is 1. The maximum absolute atomic E-state index is 13.5. The Bertz CT molecular complexity index is 1650. The highest BCUT2D eigenvalue weighted by Gasteiger charge is 2.27. The number of rotatable bonds is 8. The van der Waals surface area contributed by atoms with Gasteiger partial charge in [0.1, 0.15) is 23.8 Å². The van der Waals surface area contributed by atoms with Gasteiger partial charge in [-0.05, 0) is 71.7 Å². The molecule has 1 saturated heterocycles. The Hall–Kier alpha value is -4.69. The highest BCUT2D eigenvalue weighted by atomic mass is 35.5. The van der Waals surface area contributed by atoms with Crippen LogP contribution in [0.1, 0.15) is 27.9 Å². The largest absolute Gasteiger partial charge is 0.484 e. The molecule has 2 N–H and O–H groups in total. The van der Waals surface area contributed by atoms with Gasteiger partial charge in [0.2, 0.25) is 5.91 Å². The van der Waals surface area contributed by atoms with Gasteiger partial charge in [0, 0.05) is 48.6 Å². The van der Waals surface area contributed by atoms with Gasteiger partial charge in [0.15, 0.2) is 0 Å². The van der Waals surface area contributed by atoms with Crippen molar-refractivity contribution in [1.29, 1.82) is 0 Å². The quantitative estimate of drug-likeness (QED) is 0.227. The minimum absolute atomic E-state index is 0.150. The van der Waals surface area contributed by atoms with Crippen molar-refractivity contribution in [2.45, 2.75) is 31.7 Å². The van der Waals surface area contributed by atoms with Crippen LogP contribution in [-0.4, -0.2) is 47.1 Å². The first-order chi connectivity index (χ1) is 20.9. The van der Waals surface area contributed by atoms with Crippen LogP contribution in [0.2, 0.25) is 5.02 Å². The molecule has 1 unspecified atom stereocenters. The van der Waals surface area contributed by atoms with E-state index in [1.165, 1.54) is 6.08 Å². The third kappa shape index (κ3) is 6.87. The second-order valence-corrected chi connectivity index (χ2v) is 11.0. The number of ether oxygens (including phenoxy) is 1. The monoisotopic (exact) mass is 596 g/mol. The Morgan fingerprint density at radius 2 is 1.86 bits per heavy atom. The number of fused-ring (bicyclic) bond motifs is 1. The fourth-order valence-corrected chi connectivity index (χ4v) is 5.51. The molecule has 3 heterocycles. The number of likely N-dealkylation sites (tertiary alicyclic amines) is 1. The van der Waals surface area contributed by atoms with E-state index in [1.807, 2.05) is 66.7 Å².